The second-order valence-electron chi connectivity index (χ2n) is 4.94. The number of carboxylic acids is 1. The Kier molecular flexibility index (Phi) is 4.28. The van der Waals surface area contributed by atoms with Gasteiger partial charge in [0.25, 0.3) is 0 Å². The summed E-state index contributed by atoms with van der Waals surface area (Å²) in [6, 6.07) is 6.25. The van der Waals surface area contributed by atoms with Crippen molar-refractivity contribution in [3.8, 4) is 11.4 Å². The summed E-state index contributed by atoms with van der Waals surface area (Å²) in [5, 5.41) is 8.79. The number of benzene rings is 1. The summed E-state index contributed by atoms with van der Waals surface area (Å²) in [5.41, 5.74) is 4.19. The second kappa shape index (κ2) is 5.79. The van der Waals surface area contributed by atoms with Crippen molar-refractivity contribution in [3.63, 3.8) is 0 Å². The average Bonchev–Trinajstić information content (AvgIpc) is 2.67. The molecular weight excluding hydrogens is 320 g/mol. The molecule has 4 nitrogen and oxygen atoms in total. The number of imidazole rings is 1. The maximum Gasteiger partial charge on any atom is 0.303 e. The number of hydrogen-bond donors (Lipinski definition) is 1. The largest absolute Gasteiger partial charge is 0.481 e. The fourth-order valence-corrected chi connectivity index (χ4v) is 2.59. The van der Waals surface area contributed by atoms with E-state index in [2.05, 4.69) is 39.1 Å². The Bertz CT molecular complexity index is 662. The van der Waals surface area contributed by atoms with Crippen molar-refractivity contribution in [2.24, 2.45) is 7.05 Å². The van der Waals surface area contributed by atoms with Gasteiger partial charge < -0.3 is 9.67 Å². The molecule has 2 rings (SSSR count). The van der Waals surface area contributed by atoms with E-state index < -0.39 is 5.97 Å². The highest BCUT2D eigenvalue weighted by atomic mass is 79.9. The summed E-state index contributed by atoms with van der Waals surface area (Å²) in [5.74, 6) is 0.0503. The quantitative estimate of drug-likeness (QED) is 0.929. The van der Waals surface area contributed by atoms with E-state index in [1.807, 2.05) is 25.5 Å². The lowest BCUT2D eigenvalue weighted by molar-refractivity contribution is -0.136. The number of hydrogen-bond acceptors (Lipinski definition) is 2. The Morgan fingerprint density at radius 3 is 2.75 bits per heavy atom. The lowest BCUT2D eigenvalue weighted by Crippen LogP contribution is -1.98. The Morgan fingerprint density at radius 2 is 2.10 bits per heavy atom. The minimum absolute atomic E-state index is 0.0852. The van der Waals surface area contributed by atoms with Gasteiger partial charge in [-0.25, -0.2) is 4.98 Å². The number of aryl methyl sites for hydroxylation is 3. The molecule has 0 atom stereocenters. The van der Waals surface area contributed by atoms with Crippen molar-refractivity contribution in [3.05, 3.63) is 39.6 Å². The van der Waals surface area contributed by atoms with Crippen molar-refractivity contribution in [2.45, 2.75) is 26.7 Å². The zero-order chi connectivity index (χ0) is 14.9. The molecule has 106 valence electrons. The summed E-state index contributed by atoms with van der Waals surface area (Å²) in [6.07, 6.45) is 0.510. The first kappa shape index (κ1) is 14.8. The van der Waals surface area contributed by atoms with Gasteiger partial charge in [-0.2, -0.15) is 0 Å². The lowest BCUT2D eigenvalue weighted by atomic mass is 10.1. The fourth-order valence-electron chi connectivity index (χ4n) is 2.14. The van der Waals surface area contributed by atoms with Crippen LogP contribution in [0.1, 0.15) is 23.2 Å². The van der Waals surface area contributed by atoms with Gasteiger partial charge in [0, 0.05) is 19.0 Å². The van der Waals surface area contributed by atoms with Crippen molar-refractivity contribution in [1.29, 1.82) is 0 Å². The van der Waals surface area contributed by atoms with Gasteiger partial charge in [-0.15, -0.1) is 0 Å². The number of rotatable bonds is 4. The lowest BCUT2D eigenvalue weighted by Gasteiger charge is -2.07. The summed E-state index contributed by atoms with van der Waals surface area (Å²) < 4.78 is 2.80. The molecule has 1 N–H and O–H groups in total. The third kappa shape index (κ3) is 2.93. The number of carbonyl (C=O) groups is 1. The molecule has 5 heteroatoms. The van der Waals surface area contributed by atoms with E-state index in [1.54, 1.807) is 0 Å². The molecule has 2 aromatic rings. The van der Waals surface area contributed by atoms with Gasteiger partial charge in [-0.05, 0) is 41.4 Å². The SMILES string of the molecule is Cc1ccc(C)c(-c2nc(CCC(=O)O)c(Br)n2C)c1. The van der Waals surface area contributed by atoms with Crippen LogP contribution in [-0.2, 0) is 18.3 Å². The zero-order valence-electron chi connectivity index (χ0n) is 11.8. The van der Waals surface area contributed by atoms with E-state index in [0.29, 0.717) is 6.42 Å². The highest BCUT2D eigenvalue weighted by Crippen LogP contribution is 2.28. The number of halogens is 1. The topological polar surface area (TPSA) is 55.1 Å². The van der Waals surface area contributed by atoms with Crippen LogP contribution < -0.4 is 0 Å². The van der Waals surface area contributed by atoms with Crippen molar-refractivity contribution < 1.29 is 9.90 Å². The first-order chi connectivity index (χ1) is 9.40. The van der Waals surface area contributed by atoms with Gasteiger partial charge >= 0.3 is 5.97 Å². The molecule has 20 heavy (non-hydrogen) atoms. The molecule has 0 aliphatic carbocycles. The summed E-state index contributed by atoms with van der Waals surface area (Å²) in [6.45, 7) is 4.10. The van der Waals surface area contributed by atoms with Crippen LogP contribution in [0, 0.1) is 13.8 Å². The highest BCUT2D eigenvalue weighted by Gasteiger charge is 2.16. The Balaban J connectivity index is 2.45. The van der Waals surface area contributed by atoms with Crippen molar-refractivity contribution in [1.82, 2.24) is 9.55 Å². The number of aliphatic carboxylic acids is 1. The molecule has 0 spiro atoms. The van der Waals surface area contributed by atoms with Gasteiger partial charge in [0.2, 0.25) is 0 Å². The molecule has 0 saturated carbocycles. The van der Waals surface area contributed by atoms with Crippen molar-refractivity contribution >= 4 is 21.9 Å². The second-order valence-corrected chi connectivity index (χ2v) is 5.70. The Morgan fingerprint density at radius 1 is 1.40 bits per heavy atom. The standard InChI is InChI=1S/C15H17BrN2O2/c1-9-4-5-10(2)11(8-9)15-17-12(6-7-13(19)20)14(16)18(15)3/h4-5,8H,6-7H2,1-3H3,(H,19,20). The van der Waals surface area contributed by atoms with E-state index in [-0.39, 0.29) is 6.42 Å². The van der Waals surface area contributed by atoms with E-state index >= 15 is 0 Å². The highest BCUT2D eigenvalue weighted by molar-refractivity contribution is 9.10. The smallest absolute Gasteiger partial charge is 0.303 e. The van der Waals surface area contributed by atoms with E-state index in [9.17, 15) is 4.79 Å². The minimum Gasteiger partial charge on any atom is -0.481 e. The molecular formula is C15H17BrN2O2. The van der Waals surface area contributed by atoms with Crippen LogP contribution in [0.5, 0.6) is 0 Å². The Hall–Kier alpha value is -1.62. The molecule has 0 unspecified atom stereocenters. The number of nitrogens with zero attached hydrogens (tertiary/aromatic N) is 2. The van der Waals surface area contributed by atoms with Crippen LogP contribution >= 0.6 is 15.9 Å². The van der Waals surface area contributed by atoms with Gasteiger partial charge in [-0.1, -0.05) is 17.7 Å². The molecule has 0 radical (unpaired) electrons. The van der Waals surface area contributed by atoms with Gasteiger partial charge in [-0.3, -0.25) is 4.79 Å². The van der Waals surface area contributed by atoms with Crippen LogP contribution in [0.25, 0.3) is 11.4 Å². The number of carboxylic acid groups (broad SMARTS) is 1. The summed E-state index contributed by atoms with van der Waals surface area (Å²) in [7, 11) is 1.93. The molecule has 0 amide bonds. The third-order valence-electron chi connectivity index (χ3n) is 3.30. The van der Waals surface area contributed by atoms with Crippen LogP contribution in [0.4, 0.5) is 0 Å². The van der Waals surface area contributed by atoms with E-state index in [0.717, 1.165) is 27.2 Å². The fraction of sp³-hybridized carbons (Fsp3) is 0.333. The number of aromatic nitrogens is 2. The van der Waals surface area contributed by atoms with Crippen LogP contribution in [0.3, 0.4) is 0 Å². The molecule has 0 aliphatic heterocycles. The summed E-state index contributed by atoms with van der Waals surface area (Å²) in [4.78, 5) is 15.3. The molecule has 1 aromatic carbocycles. The van der Waals surface area contributed by atoms with Gasteiger partial charge in [0.15, 0.2) is 0 Å². The molecule has 1 heterocycles. The first-order valence-corrected chi connectivity index (χ1v) is 7.20. The van der Waals surface area contributed by atoms with Crippen LogP contribution in [0.2, 0.25) is 0 Å². The van der Waals surface area contributed by atoms with E-state index in [4.69, 9.17) is 5.11 Å². The molecule has 1 aromatic heterocycles. The summed E-state index contributed by atoms with van der Waals surface area (Å²) >= 11 is 3.50. The molecule has 0 fully saturated rings. The van der Waals surface area contributed by atoms with Crippen LogP contribution in [0.15, 0.2) is 22.8 Å². The minimum atomic E-state index is -0.809. The average molecular weight is 337 g/mol. The maximum atomic E-state index is 10.7. The van der Waals surface area contributed by atoms with Gasteiger partial charge in [0.1, 0.15) is 10.4 Å². The van der Waals surface area contributed by atoms with Crippen LogP contribution in [-0.4, -0.2) is 20.6 Å². The monoisotopic (exact) mass is 336 g/mol. The normalized spacial score (nSPS) is 10.8. The maximum absolute atomic E-state index is 10.7. The Labute approximate surface area is 126 Å². The molecule has 0 bridgehead atoms. The third-order valence-corrected chi connectivity index (χ3v) is 4.29. The molecule has 0 aliphatic rings. The predicted octanol–water partition coefficient (Wildman–Crippen LogP) is 3.48. The van der Waals surface area contributed by atoms with E-state index in [1.165, 1.54) is 5.56 Å². The predicted molar refractivity (Wildman–Crippen MR) is 81.8 cm³/mol. The first-order valence-electron chi connectivity index (χ1n) is 6.40. The zero-order valence-corrected chi connectivity index (χ0v) is 13.4. The van der Waals surface area contributed by atoms with Crippen molar-refractivity contribution in [2.75, 3.05) is 0 Å². The molecule has 0 saturated heterocycles. The van der Waals surface area contributed by atoms with Gasteiger partial charge in [0.05, 0.1) is 12.1 Å².